The molecular weight excluding hydrogens is 248 g/mol. The molecule has 0 aromatic heterocycles. The monoisotopic (exact) mass is 260 g/mol. The van der Waals surface area contributed by atoms with E-state index in [4.69, 9.17) is 5.26 Å². The van der Waals surface area contributed by atoms with Crippen LogP contribution < -0.4 is 10.7 Å². The summed E-state index contributed by atoms with van der Waals surface area (Å²) in [6.07, 6.45) is 0.919. The molecule has 0 fully saturated rings. The van der Waals surface area contributed by atoms with Crippen molar-refractivity contribution in [2.75, 3.05) is 0 Å². The summed E-state index contributed by atoms with van der Waals surface area (Å²) in [5.41, 5.74) is 3.64. The molecule has 2 rings (SSSR count). The Hall–Kier alpha value is -2.00. The summed E-state index contributed by atoms with van der Waals surface area (Å²) >= 11 is 1.47. The number of hydrazone groups is 1. The highest BCUT2D eigenvalue weighted by Gasteiger charge is 2.20. The molecule has 5 nitrogen and oxygen atoms in total. The topological polar surface area (TPSA) is 77.3 Å². The standard InChI is InChI=1S/C12H12N4OS/c1-2-10-15-16-12(18-10)14-11(17)9-6-4-3-5-8(9)7-13/h3-6,10,15H,2H2,1H3,(H,14,16,17). The molecule has 92 valence electrons. The van der Waals surface area contributed by atoms with E-state index in [-0.39, 0.29) is 11.3 Å². The van der Waals surface area contributed by atoms with Gasteiger partial charge in [-0.15, -0.1) is 0 Å². The van der Waals surface area contributed by atoms with Gasteiger partial charge in [-0.1, -0.05) is 30.8 Å². The highest BCUT2D eigenvalue weighted by atomic mass is 32.2. The fourth-order valence-corrected chi connectivity index (χ4v) is 2.29. The smallest absolute Gasteiger partial charge is 0.258 e. The Morgan fingerprint density at radius 2 is 2.39 bits per heavy atom. The molecule has 0 aliphatic carbocycles. The normalized spacial score (nSPS) is 17.6. The number of rotatable bonds is 2. The Morgan fingerprint density at radius 1 is 1.61 bits per heavy atom. The number of hydrogen-bond acceptors (Lipinski definition) is 5. The Labute approximate surface area is 109 Å². The molecule has 1 atom stereocenters. The predicted molar refractivity (Wildman–Crippen MR) is 70.9 cm³/mol. The number of thioether (sulfide) groups is 1. The number of benzene rings is 1. The van der Waals surface area contributed by atoms with Crippen LogP contribution in [-0.2, 0) is 0 Å². The van der Waals surface area contributed by atoms with Crippen molar-refractivity contribution in [2.24, 2.45) is 5.10 Å². The van der Waals surface area contributed by atoms with Crippen molar-refractivity contribution in [3.63, 3.8) is 0 Å². The molecule has 0 spiro atoms. The van der Waals surface area contributed by atoms with E-state index in [0.29, 0.717) is 16.3 Å². The predicted octanol–water partition coefficient (Wildman–Crippen LogP) is 1.63. The minimum absolute atomic E-state index is 0.200. The molecule has 6 heteroatoms. The van der Waals surface area contributed by atoms with E-state index in [2.05, 4.69) is 15.8 Å². The van der Waals surface area contributed by atoms with Crippen LogP contribution in [0.5, 0.6) is 0 Å². The molecule has 0 saturated heterocycles. The maximum Gasteiger partial charge on any atom is 0.258 e. The Morgan fingerprint density at radius 3 is 3.06 bits per heavy atom. The molecule has 1 unspecified atom stereocenters. The number of carbonyl (C=O) groups is 1. The van der Waals surface area contributed by atoms with Crippen LogP contribution in [0.4, 0.5) is 0 Å². The molecule has 1 aromatic carbocycles. The van der Waals surface area contributed by atoms with Gasteiger partial charge in [0, 0.05) is 0 Å². The third-order valence-corrected chi connectivity index (χ3v) is 3.59. The van der Waals surface area contributed by atoms with Crippen LogP contribution in [0.1, 0.15) is 29.3 Å². The SMILES string of the molecule is CCC1NN=C(NC(=O)c2ccccc2C#N)S1. The van der Waals surface area contributed by atoms with Crippen LogP contribution in [0.15, 0.2) is 29.4 Å². The van der Waals surface area contributed by atoms with Crippen molar-refractivity contribution in [2.45, 2.75) is 18.7 Å². The largest absolute Gasteiger partial charge is 0.300 e. The van der Waals surface area contributed by atoms with E-state index in [1.165, 1.54) is 11.8 Å². The van der Waals surface area contributed by atoms with E-state index in [1.807, 2.05) is 13.0 Å². The molecule has 1 aliphatic rings. The van der Waals surface area contributed by atoms with Gasteiger partial charge in [-0.25, -0.2) is 0 Å². The van der Waals surface area contributed by atoms with Gasteiger partial charge < -0.3 is 0 Å². The summed E-state index contributed by atoms with van der Waals surface area (Å²) in [7, 11) is 0. The first-order valence-corrected chi connectivity index (χ1v) is 6.43. The highest BCUT2D eigenvalue weighted by Crippen LogP contribution is 2.18. The first-order valence-electron chi connectivity index (χ1n) is 5.55. The third-order valence-electron chi connectivity index (χ3n) is 2.45. The fourth-order valence-electron chi connectivity index (χ4n) is 1.49. The molecule has 1 aliphatic heterocycles. The Bertz CT molecular complexity index is 535. The van der Waals surface area contributed by atoms with Crippen LogP contribution in [0.25, 0.3) is 0 Å². The molecule has 0 saturated carbocycles. The van der Waals surface area contributed by atoms with E-state index < -0.39 is 0 Å². The summed E-state index contributed by atoms with van der Waals surface area (Å²) in [4.78, 5) is 12.0. The zero-order valence-corrected chi connectivity index (χ0v) is 10.6. The van der Waals surface area contributed by atoms with Crippen molar-refractivity contribution in [3.05, 3.63) is 35.4 Å². The van der Waals surface area contributed by atoms with Gasteiger partial charge in [0.1, 0.15) is 0 Å². The van der Waals surface area contributed by atoms with Crippen LogP contribution in [0.2, 0.25) is 0 Å². The summed E-state index contributed by atoms with van der Waals surface area (Å²) in [5, 5.41) is 16.4. The molecule has 1 amide bonds. The zero-order chi connectivity index (χ0) is 13.0. The van der Waals surface area contributed by atoms with Crippen molar-refractivity contribution in [1.29, 1.82) is 5.26 Å². The second-order valence-electron chi connectivity index (χ2n) is 3.67. The minimum Gasteiger partial charge on any atom is -0.300 e. The lowest BCUT2D eigenvalue weighted by Crippen LogP contribution is -2.28. The van der Waals surface area contributed by atoms with Gasteiger partial charge in [0.05, 0.1) is 22.6 Å². The van der Waals surface area contributed by atoms with Crippen molar-refractivity contribution < 1.29 is 4.79 Å². The maximum atomic E-state index is 12.0. The van der Waals surface area contributed by atoms with Crippen molar-refractivity contribution >= 4 is 22.8 Å². The Balaban J connectivity index is 2.07. The number of amidine groups is 1. The molecular formula is C12H12N4OS. The summed E-state index contributed by atoms with van der Waals surface area (Å²) in [5.74, 6) is -0.308. The fraction of sp³-hybridized carbons (Fsp3) is 0.250. The van der Waals surface area contributed by atoms with E-state index in [9.17, 15) is 4.79 Å². The van der Waals surface area contributed by atoms with Crippen LogP contribution >= 0.6 is 11.8 Å². The molecule has 0 bridgehead atoms. The van der Waals surface area contributed by atoms with Gasteiger partial charge in [-0.2, -0.15) is 10.4 Å². The van der Waals surface area contributed by atoms with Crippen LogP contribution in [0, 0.1) is 11.3 Å². The summed E-state index contributed by atoms with van der Waals surface area (Å²) in [6, 6.07) is 8.70. The average Bonchev–Trinajstić information content (AvgIpc) is 2.86. The summed E-state index contributed by atoms with van der Waals surface area (Å²) < 4.78 is 0. The average molecular weight is 260 g/mol. The number of hydrogen-bond donors (Lipinski definition) is 2. The van der Waals surface area contributed by atoms with Crippen LogP contribution in [0.3, 0.4) is 0 Å². The first kappa shape index (κ1) is 12.5. The van der Waals surface area contributed by atoms with Gasteiger partial charge in [0.15, 0.2) is 5.17 Å². The van der Waals surface area contributed by atoms with E-state index >= 15 is 0 Å². The maximum absolute atomic E-state index is 12.0. The quantitative estimate of drug-likeness (QED) is 0.847. The number of nitriles is 1. The molecule has 18 heavy (non-hydrogen) atoms. The number of carbonyl (C=O) groups excluding carboxylic acids is 1. The van der Waals surface area contributed by atoms with Crippen molar-refractivity contribution in [3.8, 4) is 6.07 Å². The first-order chi connectivity index (χ1) is 8.74. The van der Waals surface area contributed by atoms with Gasteiger partial charge in [0.25, 0.3) is 5.91 Å². The summed E-state index contributed by atoms with van der Waals surface area (Å²) in [6.45, 7) is 2.04. The van der Waals surface area contributed by atoms with E-state index in [0.717, 1.165) is 6.42 Å². The molecule has 1 heterocycles. The lowest BCUT2D eigenvalue weighted by Gasteiger charge is -2.06. The third kappa shape index (κ3) is 2.63. The lowest BCUT2D eigenvalue weighted by atomic mass is 10.1. The second kappa shape index (κ2) is 5.56. The zero-order valence-electron chi connectivity index (χ0n) is 9.80. The molecule has 1 aromatic rings. The lowest BCUT2D eigenvalue weighted by molar-refractivity contribution is 0.0977. The van der Waals surface area contributed by atoms with Crippen LogP contribution in [-0.4, -0.2) is 16.4 Å². The Kier molecular flexibility index (Phi) is 3.85. The highest BCUT2D eigenvalue weighted by molar-refractivity contribution is 8.14. The molecule has 2 N–H and O–H groups in total. The van der Waals surface area contributed by atoms with E-state index in [1.54, 1.807) is 24.3 Å². The molecule has 0 radical (unpaired) electrons. The second-order valence-corrected chi connectivity index (χ2v) is 4.86. The van der Waals surface area contributed by atoms with Crippen molar-refractivity contribution in [1.82, 2.24) is 10.7 Å². The van der Waals surface area contributed by atoms with Gasteiger partial charge in [-0.05, 0) is 18.6 Å². The minimum atomic E-state index is -0.308. The number of nitrogens with one attached hydrogen (secondary N) is 2. The number of amides is 1. The van der Waals surface area contributed by atoms with Gasteiger partial charge in [-0.3, -0.25) is 15.5 Å². The van der Waals surface area contributed by atoms with Gasteiger partial charge >= 0.3 is 0 Å². The number of nitrogens with zero attached hydrogens (tertiary/aromatic N) is 2. The van der Waals surface area contributed by atoms with Gasteiger partial charge in [0.2, 0.25) is 0 Å².